The lowest BCUT2D eigenvalue weighted by atomic mass is 10.1. The van der Waals surface area contributed by atoms with Crippen molar-refractivity contribution in [1.29, 1.82) is 0 Å². The van der Waals surface area contributed by atoms with Gasteiger partial charge in [0, 0.05) is 18.2 Å². The smallest absolute Gasteiger partial charge is 0.251 e. The summed E-state index contributed by atoms with van der Waals surface area (Å²) in [6.07, 6.45) is 2.05. The second kappa shape index (κ2) is 10.3. The zero-order valence-electron chi connectivity index (χ0n) is 12.8. The summed E-state index contributed by atoms with van der Waals surface area (Å²) in [6, 6.07) is 5.10. The standard InChI is InChI=1S/C15H24N2O3.ClH/c1-4-5-8-20-13-7-6-12(9-14(13)19-3)15(18)17-11(2)10-16;/h6-7,9,11H,4-5,8,10,16H2,1-3H3,(H,17,18);1H/t11-;/m0./s1. The van der Waals surface area contributed by atoms with Gasteiger partial charge in [-0.25, -0.2) is 0 Å². The average Bonchev–Trinajstić information content (AvgIpc) is 2.47. The molecular weight excluding hydrogens is 292 g/mol. The maximum Gasteiger partial charge on any atom is 0.251 e. The normalized spacial score (nSPS) is 11.2. The molecule has 3 N–H and O–H groups in total. The van der Waals surface area contributed by atoms with E-state index in [4.69, 9.17) is 15.2 Å². The number of rotatable bonds is 8. The molecule has 0 fully saturated rings. The second-order valence-corrected chi connectivity index (χ2v) is 4.68. The van der Waals surface area contributed by atoms with Crippen LogP contribution in [0.15, 0.2) is 18.2 Å². The van der Waals surface area contributed by atoms with Gasteiger partial charge in [0.05, 0.1) is 13.7 Å². The summed E-state index contributed by atoms with van der Waals surface area (Å²) in [5.41, 5.74) is 6.02. The Hall–Kier alpha value is -1.46. The van der Waals surface area contributed by atoms with Crippen molar-refractivity contribution in [3.8, 4) is 11.5 Å². The van der Waals surface area contributed by atoms with Crippen LogP contribution >= 0.6 is 12.4 Å². The summed E-state index contributed by atoms with van der Waals surface area (Å²) in [4.78, 5) is 12.0. The molecule has 6 heteroatoms. The summed E-state index contributed by atoms with van der Waals surface area (Å²) in [6.45, 7) is 5.01. The fraction of sp³-hybridized carbons (Fsp3) is 0.533. The van der Waals surface area contributed by atoms with Crippen molar-refractivity contribution < 1.29 is 14.3 Å². The van der Waals surface area contributed by atoms with Crippen LogP contribution in [0.5, 0.6) is 11.5 Å². The Labute approximate surface area is 132 Å². The van der Waals surface area contributed by atoms with E-state index < -0.39 is 0 Å². The van der Waals surface area contributed by atoms with Gasteiger partial charge in [0.25, 0.3) is 5.91 Å². The van der Waals surface area contributed by atoms with Gasteiger partial charge in [-0.2, -0.15) is 0 Å². The molecule has 0 aromatic heterocycles. The molecule has 0 aliphatic carbocycles. The van der Waals surface area contributed by atoms with E-state index in [0.717, 1.165) is 12.8 Å². The number of nitrogens with one attached hydrogen (secondary N) is 1. The van der Waals surface area contributed by atoms with E-state index in [2.05, 4.69) is 12.2 Å². The number of ether oxygens (including phenoxy) is 2. The summed E-state index contributed by atoms with van der Waals surface area (Å²) in [5.74, 6) is 1.06. The first-order valence-corrected chi connectivity index (χ1v) is 6.94. The summed E-state index contributed by atoms with van der Waals surface area (Å²) < 4.78 is 10.9. The Morgan fingerprint density at radius 1 is 1.38 bits per heavy atom. The molecule has 0 aliphatic heterocycles. The number of carbonyl (C=O) groups excluding carboxylic acids is 1. The number of carbonyl (C=O) groups is 1. The fourth-order valence-corrected chi connectivity index (χ4v) is 1.62. The number of hydrogen-bond donors (Lipinski definition) is 2. The van der Waals surface area contributed by atoms with Crippen LogP contribution in [0, 0.1) is 0 Å². The molecule has 5 nitrogen and oxygen atoms in total. The van der Waals surface area contributed by atoms with Crippen molar-refractivity contribution in [2.24, 2.45) is 5.73 Å². The third-order valence-corrected chi connectivity index (χ3v) is 2.91. The van der Waals surface area contributed by atoms with Gasteiger partial charge in [-0.1, -0.05) is 13.3 Å². The minimum Gasteiger partial charge on any atom is -0.493 e. The molecule has 1 aromatic carbocycles. The Balaban J connectivity index is 0.00000400. The minimum atomic E-state index is -0.165. The first kappa shape index (κ1) is 19.5. The molecule has 0 aliphatic rings. The van der Waals surface area contributed by atoms with Crippen molar-refractivity contribution in [3.05, 3.63) is 23.8 Å². The van der Waals surface area contributed by atoms with E-state index in [1.54, 1.807) is 25.3 Å². The predicted octanol–water partition coefficient (Wildman–Crippen LogP) is 2.37. The van der Waals surface area contributed by atoms with Crippen LogP contribution in [-0.4, -0.2) is 32.2 Å². The highest BCUT2D eigenvalue weighted by molar-refractivity contribution is 5.95. The van der Waals surface area contributed by atoms with Crippen LogP contribution in [0.3, 0.4) is 0 Å². The predicted molar refractivity (Wildman–Crippen MR) is 86.6 cm³/mol. The van der Waals surface area contributed by atoms with E-state index >= 15 is 0 Å². The third-order valence-electron chi connectivity index (χ3n) is 2.91. The van der Waals surface area contributed by atoms with Crippen molar-refractivity contribution >= 4 is 18.3 Å². The van der Waals surface area contributed by atoms with Gasteiger partial charge in [0.15, 0.2) is 11.5 Å². The Bertz CT molecular complexity index is 441. The van der Waals surface area contributed by atoms with Gasteiger partial charge in [-0.15, -0.1) is 12.4 Å². The molecule has 0 saturated carbocycles. The molecule has 1 amide bonds. The van der Waals surface area contributed by atoms with Gasteiger partial charge in [-0.3, -0.25) is 4.79 Å². The van der Waals surface area contributed by atoms with E-state index in [-0.39, 0.29) is 24.4 Å². The summed E-state index contributed by atoms with van der Waals surface area (Å²) in [5, 5.41) is 2.81. The Morgan fingerprint density at radius 3 is 2.67 bits per heavy atom. The molecule has 0 bridgehead atoms. The quantitative estimate of drug-likeness (QED) is 0.722. The monoisotopic (exact) mass is 316 g/mol. The zero-order chi connectivity index (χ0) is 15.0. The van der Waals surface area contributed by atoms with Crippen molar-refractivity contribution in [2.45, 2.75) is 32.7 Å². The number of benzene rings is 1. The first-order valence-electron chi connectivity index (χ1n) is 6.94. The molecule has 0 spiro atoms. The molecule has 0 unspecified atom stereocenters. The second-order valence-electron chi connectivity index (χ2n) is 4.68. The van der Waals surface area contributed by atoms with Gasteiger partial charge in [-0.05, 0) is 31.5 Å². The number of halogens is 1. The third kappa shape index (κ3) is 6.23. The van der Waals surface area contributed by atoms with E-state index in [9.17, 15) is 4.79 Å². The highest BCUT2D eigenvalue weighted by Gasteiger charge is 2.12. The molecule has 1 rings (SSSR count). The molecule has 1 aromatic rings. The number of methoxy groups -OCH3 is 1. The van der Waals surface area contributed by atoms with Crippen molar-refractivity contribution in [2.75, 3.05) is 20.3 Å². The first-order chi connectivity index (χ1) is 9.62. The number of hydrogen-bond acceptors (Lipinski definition) is 4. The van der Waals surface area contributed by atoms with Crippen molar-refractivity contribution in [3.63, 3.8) is 0 Å². The number of nitrogens with two attached hydrogens (primary N) is 1. The van der Waals surface area contributed by atoms with Crippen LogP contribution in [-0.2, 0) is 0 Å². The van der Waals surface area contributed by atoms with Gasteiger partial charge in [0.2, 0.25) is 0 Å². The maximum absolute atomic E-state index is 12.0. The van der Waals surface area contributed by atoms with Crippen molar-refractivity contribution in [1.82, 2.24) is 5.32 Å². The molecule has 1 atom stereocenters. The molecule has 0 saturated heterocycles. The molecule has 120 valence electrons. The zero-order valence-corrected chi connectivity index (χ0v) is 13.7. The Kier molecular flexibility index (Phi) is 9.58. The van der Waals surface area contributed by atoms with E-state index in [0.29, 0.717) is 30.2 Å². The maximum atomic E-state index is 12.0. The lowest BCUT2D eigenvalue weighted by Crippen LogP contribution is -2.37. The van der Waals surface area contributed by atoms with Crippen LogP contribution in [0.2, 0.25) is 0 Å². The minimum absolute atomic E-state index is 0. The topological polar surface area (TPSA) is 73.6 Å². The molecular formula is C15H25ClN2O3. The van der Waals surface area contributed by atoms with E-state index in [1.165, 1.54) is 0 Å². The Morgan fingerprint density at radius 2 is 2.10 bits per heavy atom. The highest BCUT2D eigenvalue weighted by atomic mass is 35.5. The highest BCUT2D eigenvalue weighted by Crippen LogP contribution is 2.28. The van der Waals surface area contributed by atoms with Crippen LogP contribution in [0.4, 0.5) is 0 Å². The van der Waals surface area contributed by atoms with E-state index in [1.807, 2.05) is 6.92 Å². The number of amides is 1. The average molecular weight is 317 g/mol. The summed E-state index contributed by atoms with van der Waals surface area (Å²) in [7, 11) is 1.56. The van der Waals surface area contributed by atoms with Crippen LogP contribution in [0.25, 0.3) is 0 Å². The van der Waals surface area contributed by atoms with Crippen LogP contribution < -0.4 is 20.5 Å². The summed E-state index contributed by atoms with van der Waals surface area (Å²) >= 11 is 0. The molecule has 0 radical (unpaired) electrons. The molecule has 21 heavy (non-hydrogen) atoms. The lowest BCUT2D eigenvalue weighted by Gasteiger charge is -2.14. The largest absolute Gasteiger partial charge is 0.493 e. The van der Waals surface area contributed by atoms with Gasteiger partial charge < -0.3 is 20.5 Å². The van der Waals surface area contributed by atoms with Gasteiger partial charge in [0.1, 0.15) is 0 Å². The van der Waals surface area contributed by atoms with Crippen LogP contribution in [0.1, 0.15) is 37.0 Å². The van der Waals surface area contributed by atoms with Gasteiger partial charge >= 0.3 is 0 Å². The SMILES string of the molecule is CCCCOc1ccc(C(=O)N[C@@H](C)CN)cc1OC.Cl. The number of unbranched alkanes of at least 4 members (excludes halogenated alkanes) is 1. The lowest BCUT2D eigenvalue weighted by molar-refractivity contribution is 0.0941. The molecule has 0 heterocycles. The fourth-order valence-electron chi connectivity index (χ4n) is 1.62.